The molecule has 2 aromatic rings. The Hall–Kier alpha value is -2.56. The minimum absolute atomic E-state index is 0. The monoisotopic (exact) mass is 521 g/mol. The molecule has 11 nitrogen and oxygen atoms in total. The molecule has 0 bridgehead atoms. The maximum absolute atomic E-state index is 14.2. The Kier molecular flexibility index (Phi) is 8.12. The van der Waals surface area contributed by atoms with Gasteiger partial charge in [0.1, 0.15) is 11.9 Å². The van der Waals surface area contributed by atoms with Crippen LogP contribution in [0.15, 0.2) is 12.1 Å². The topological polar surface area (TPSA) is 175 Å². The number of benzene rings is 1. The van der Waals surface area contributed by atoms with E-state index in [0.717, 1.165) is 9.47 Å². The fraction of sp³-hybridized carbons (Fsp3) is 0.438. The van der Waals surface area contributed by atoms with Gasteiger partial charge in [-0.3, -0.25) is 9.32 Å². The first-order valence-electron chi connectivity index (χ1n) is 9.08. The van der Waals surface area contributed by atoms with Crippen molar-refractivity contribution in [2.45, 2.75) is 37.8 Å². The molecule has 0 aliphatic carbocycles. The van der Waals surface area contributed by atoms with Gasteiger partial charge >= 0.3 is 14.0 Å². The molecule has 1 unspecified atom stereocenters. The molecule has 1 amide bonds. The van der Waals surface area contributed by atoms with Gasteiger partial charge in [0, 0.05) is 37.2 Å². The average Bonchev–Trinajstić information content (AvgIpc) is 3.12. The van der Waals surface area contributed by atoms with Crippen molar-refractivity contribution >= 4 is 13.7 Å². The number of hydrogen-bond donors (Lipinski definition) is 3. The van der Waals surface area contributed by atoms with E-state index in [1.165, 1.54) is 0 Å². The Morgan fingerprint density at radius 3 is 2.35 bits per heavy atom. The van der Waals surface area contributed by atoms with E-state index < -0.39 is 67.3 Å². The van der Waals surface area contributed by atoms with Crippen LogP contribution in [0.25, 0.3) is 0 Å². The Morgan fingerprint density at radius 1 is 1.15 bits per heavy atom. The summed E-state index contributed by atoms with van der Waals surface area (Å²) in [5, 5.41) is 6.48. The Bertz CT molecular complexity index is 1110. The largest absolute Gasteiger partial charge is 0.470 e. The first-order valence-corrected chi connectivity index (χ1v) is 10.6. The van der Waals surface area contributed by atoms with E-state index in [1.54, 1.807) is 0 Å². The van der Waals surface area contributed by atoms with Gasteiger partial charge in [-0.05, 0) is 6.07 Å². The Labute approximate surface area is 186 Å². The van der Waals surface area contributed by atoms with E-state index in [0.29, 0.717) is 0 Å². The van der Waals surface area contributed by atoms with Crippen LogP contribution in [0.3, 0.4) is 0 Å². The summed E-state index contributed by atoms with van der Waals surface area (Å²) in [7, 11) is -5.34. The number of halogens is 6. The van der Waals surface area contributed by atoms with Gasteiger partial charge in [-0.2, -0.15) is 13.2 Å². The van der Waals surface area contributed by atoms with Crippen LogP contribution in [0, 0.1) is 17.5 Å². The lowest BCUT2D eigenvalue weighted by Crippen LogP contribution is -2.43. The first-order chi connectivity index (χ1) is 15.2. The highest BCUT2D eigenvalue weighted by atomic mass is 31.2. The summed E-state index contributed by atoms with van der Waals surface area (Å²) < 4.78 is 96.3. The Balaban J connectivity index is 0.00000408. The van der Waals surface area contributed by atoms with Crippen molar-refractivity contribution in [1.82, 2.24) is 19.7 Å². The molecule has 0 fully saturated rings. The normalized spacial score (nSPS) is 16.0. The molecule has 34 heavy (non-hydrogen) atoms. The average molecular weight is 521 g/mol. The molecule has 1 aliphatic heterocycles. The van der Waals surface area contributed by atoms with Gasteiger partial charge in [-0.15, -0.1) is 10.2 Å². The fourth-order valence-electron chi connectivity index (χ4n) is 3.29. The summed E-state index contributed by atoms with van der Waals surface area (Å²) in [6.45, 7) is -0.875. The maximum atomic E-state index is 14.2. The zero-order chi connectivity index (χ0) is 24.7. The highest BCUT2D eigenvalue weighted by Gasteiger charge is 2.40. The van der Waals surface area contributed by atoms with E-state index in [9.17, 15) is 35.7 Å². The van der Waals surface area contributed by atoms with E-state index in [-0.39, 0.29) is 43.1 Å². The van der Waals surface area contributed by atoms with Gasteiger partial charge in [0.05, 0.1) is 6.54 Å². The number of amides is 1. The first kappa shape index (κ1) is 27.7. The van der Waals surface area contributed by atoms with Crippen LogP contribution in [0.2, 0.25) is 0 Å². The second-order valence-electron chi connectivity index (χ2n) is 7.08. The quantitative estimate of drug-likeness (QED) is 0.284. The second-order valence-corrected chi connectivity index (χ2v) is 8.27. The van der Waals surface area contributed by atoms with Gasteiger partial charge in [-0.25, -0.2) is 17.7 Å². The molecule has 2 heterocycles. The molecular weight excluding hydrogens is 503 g/mol. The highest BCUT2D eigenvalue weighted by molar-refractivity contribution is 7.46. The minimum atomic E-state index is -5.34. The van der Waals surface area contributed by atoms with Crippen molar-refractivity contribution in [3.05, 3.63) is 46.8 Å². The third-order valence-corrected chi connectivity index (χ3v) is 5.26. The van der Waals surface area contributed by atoms with Gasteiger partial charge < -0.3 is 30.5 Å². The number of rotatable bonds is 6. The molecule has 0 radical (unpaired) electrons. The number of alkyl halides is 3. The number of aromatic nitrogens is 3. The van der Waals surface area contributed by atoms with Gasteiger partial charge in [0.25, 0.3) is 0 Å². The molecule has 3 rings (SSSR count). The number of carbonyl (C=O) groups is 1. The zero-order valence-corrected chi connectivity index (χ0v) is 17.7. The van der Waals surface area contributed by atoms with E-state index in [4.69, 9.17) is 15.5 Å². The van der Waals surface area contributed by atoms with Crippen LogP contribution in [-0.4, -0.2) is 53.4 Å². The summed E-state index contributed by atoms with van der Waals surface area (Å²) in [6.07, 6.45) is -7.54. The van der Waals surface area contributed by atoms with Crippen molar-refractivity contribution in [1.29, 1.82) is 0 Å². The highest BCUT2D eigenvalue weighted by Crippen LogP contribution is 2.44. The lowest BCUT2D eigenvalue weighted by molar-refractivity contribution is -0.148. The lowest BCUT2D eigenvalue weighted by Gasteiger charge is -2.30. The predicted molar refractivity (Wildman–Crippen MR) is 98.8 cm³/mol. The van der Waals surface area contributed by atoms with E-state index >= 15 is 0 Å². The van der Waals surface area contributed by atoms with Gasteiger partial charge in [-0.1, -0.05) is 0 Å². The summed E-state index contributed by atoms with van der Waals surface area (Å²) in [6, 6.07) is -1.25. The van der Waals surface area contributed by atoms with E-state index in [2.05, 4.69) is 14.7 Å². The number of carbonyl (C=O) groups excluding carboxylic acids is 1. The summed E-state index contributed by atoms with van der Waals surface area (Å²) in [5.41, 5.74) is 4.96. The molecule has 1 aliphatic rings. The van der Waals surface area contributed by atoms with Crippen molar-refractivity contribution in [3.63, 3.8) is 0 Å². The molecule has 0 saturated carbocycles. The van der Waals surface area contributed by atoms with Gasteiger partial charge in [0.2, 0.25) is 11.7 Å². The van der Waals surface area contributed by atoms with Crippen LogP contribution < -0.4 is 5.73 Å². The standard InChI is InChI=1S/C16H16F6N5O5P.H2O/c17-8-4-10(19)9(18)3-7(8)14(32-33(29,30)31)11(23)5-13(28)26-1-2-27-12(6-26)24-25-15(27)16(20,21)22;/h3-4,11,14H,1-2,5-6,23H2,(H2,29,30,31);1H2/t11-,14?;/m0./s1. The zero-order valence-electron chi connectivity index (χ0n) is 16.8. The van der Waals surface area contributed by atoms with Crippen LogP contribution in [0.1, 0.15) is 29.7 Å². The third kappa shape index (κ3) is 6.11. The van der Waals surface area contributed by atoms with Crippen molar-refractivity contribution in [2.24, 2.45) is 5.73 Å². The number of nitrogens with two attached hydrogens (primary N) is 1. The molecule has 1 aromatic carbocycles. The number of phosphoric acid groups is 1. The SMILES string of the molecule is N[C@@H](CC(=O)N1CCn2c(nnc2C(F)(F)F)C1)C(OP(=O)(O)O)c1cc(F)c(F)cc1F.O. The van der Waals surface area contributed by atoms with Crippen molar-refractivity contribution in [2.75, 3.05) is 6.54 Å². The van der Waals surface area contributed by atoms with Crippen LogP contribution in [0.5, 0.6) is 0 Å². The predicted octanol–water partition coefficient (Wildman–Crippen LogP) is 0.800. The number of nitrogens with zero attached hydrogens (tertiary/aromatic N) is 4. The number of hydrogen-bond acceptors (Lipinski definition) is 6. The van der Waals surface area contributed by atoms with Crippen LogP contribution >= 0.6 is 7.82 Å². The van der Waals surface area contributed by atoms with E-state index in [1.807, 2.05) is 0 Å². The van der Waals surface area contributed by atoms with Crippen LogP contribution in [-0.2, 0) is 33.1 Å². The molecule has 0 spiro atoms. The number of phosphoric ester groups is 1. The summed E-state index contributed by atoms with van der Waals surface area (Å²) in [4.78, 5) is 31.9. The van der Waals surface area contributed by atoms with Crippen molar-refractivity contribution < 1.29 is 55.5 Å². The third-order valence-electron chi connectivity index (χ3n) is 4.76. The molecule has 6 N–H and O–H groups in total. The minimum Gasteiger partial charge on any atom is -0.412 e. The molecule has 2 atom stereocenters. The number of fused-ring (bicyclic) bond motifs is 1. The molecule has 190 valence electrons. The molecule has 1 aromatic heterocycles. The van der Waals surface area contributed by atoms with Crippen molar-refractivity contribution in [3.8, 4) is 0 Å². The Morgan fingerprint density at radius 2 is 1.76 bits per heavy atom. The summed E-state index contributed by atoms with van der Waals surface area (Å²) >= 11 is 0. The summed E-state index contributed by atoms with van der Waals surface area (Å²) in [5.74, 6) is -6.75. The van der Waals surface area contributed by atoms with Gasteiger partial charge in [0.15, 0.2) is 17.5 Å². The smallest absolute Gasteiger partial charge is 0.412 e. The fourth-order valence-corrected chi connectivity index (χ4v) is 3.85. The second kappa shape index (κ2) is 9.97. The van der Waals surface area contributed by atoms with Crippen LogP contribution in [0.4, 0.5) is 26.3 Å². The molecule has 0 saturated heterocycles. The molecule has 18 heteroatoms. The molecular formula is C16H18F6N5O6P. The maximum Gasteiger partial charge on any atom is 0.470 e. The lowest BCUT2D eigenvalue weighted by atomic mass is 9.99.